The van der Waals surface area contributed by atoms with Gasteiger partial charge < -0.3 is 10.3 Å². The highest BCUT2D eigenvalue weighted by molar-refractivity contribution is 7.89. The first-order valence-electron chi connectivity index (χ1n) is 7.23. The lowest BCUT2D eigenvalue weighted by molar-refractivity contribution is 0.208. The number of nitrogens with two attached hydrogens (primary N) is 1. The Hall–Kier alpha value is -1.22. The molecule has 118 valence electrons. The molecule has 1 fully saturated rings. The summed E-state index contributed by atoms with van der Waals surface area (Å²) in [4.78, 5) is 6.38. The standard InChI is InChI=1S/C13H23N5O2S/c1-2-8-18-9-5-11(6-10-18)17-21(19,20)12-4-3-7-15-13(12)16-14/h3-4,7,11,17H,2,5-6,8-10,14H2,1H3,(H,15,16). The molecular formula is C13H23N5O2S. The second-order valence-electron chi connectivity index (χ2n) is 5.23. The minimum atomic E-state index is -3.61. The van der Waals surface area contributed by atoms with Gasteiger partial charge in [-0.3, -0.25) is 0 Å². The van der Waals surface area contributed by atoms with Crippen LogP contribution in [-0.2, 0) is 10.0 Å². The van der Waals surface area contributed by atoms with E-state index in [0.717, 1.165) is 38.9 Å². The maximum atomic E-state index is 12.4. The largest absolute Gasteiger partial charge is 0.307 e. The number of nitrogens with one attached hydrogen (secondary N) is 2. The Bertz CT molecular complexity index is 555. The van der Waals surface area contributed by atoms with Crippen molar-refractivity contribution in [3.63, 3.8) is 0 Å². The van der Waals surface area contributed by atoms with Crippen molar-refractivity contribution in [3.8, 4) is 0 Å². The lowest BCUT2D eigenvalue weighted by atomic mass is 10.1. The molecule has 0 bridgehead atoms. The normalized spacial score (nSPS) is 17.8. The molecular weight excluding hydrogens is 290 g/mol. The second kappa shape index (κ2) is 7.17. The molecule has 1 aromatic rings. The van der Waals surface area contributed by atoms with Crippen LogP contribution in [0.25, 0.3) is 0 Å². The van der Waals surface area contributed by atoms with Gasteiger partial charge in [-0.05, 0) is 51.0 Å². The van der Waals surface area contributed by atoms with Crippen molar-refractivity contribution in [3.05, 3.63) is 18.3 Å². The number of nitrogen functional groups attached to an aromatic ring is 1. The fourth-order valence-electron chi connectivity index (χ4n) is 2.59. The predicted molar refractivity (Wildman–Crippen MR) is 82.1 cm³/mol. The highest BCUT2D eigenvalue weighted by atomic mass is 32.2. The maximum Gasteiger partial charge on any atom is 0.244 e. The SMILES string of the molecule is CCCN1CCC(NS(=O)(=O)c2cccnc2NN)CC1. The Morgan fingerprint density at radius 2 is 2.14 bits per heavy atom. The zero-order valence-corrected chi connectivity index (χ0v) is 13.1. The number of hydrazine groups is 1. The number of hydrogen-bond acceptors (Lipinski definition) is 6. The third-order valence-electron chi connectivity index (χ3n) is 3.65. The average molecular weight is 313 g/mol. The third-order valence-corrected chi connectivity index (χ3v) is 5.20. The molecule has 0 radical (unpaired) electrons. The minimum absolute atomic E-state index is 0.0334. The summed E-state index contributed by atoms with van der Waals surface area (Å²) in [6.45, 7) is 5.08. The summed E-state index contributed by atoms with van der Waals surface area (Å²) in [6.07, 6.45) is 4.27. The Balaban J connectivity index is 2.02. The Morgan fingerprint density at radius 1 is 1.43 bits per heavy atom. The molecule has 21 heavy (non-hydrogen) atoms. The monoisotopic (exact) mass is 313 g/mol. The van der Waals surface area contributed by atoms with Gasteiger partial charge in [-0.25, -0.2) is 24.0 Å². The summed E-state index contributed by atoms with van der Waals surface area (Å²) in [7, 11) is -3.61. The van der Waals surface area contributed by atoms with Crippen LogP contribution in [0.1, 0.15) is 26.2 Å². The maximum absolute atomic E-state index is 12.4. The number of hydrogen-bond donors (Lipinski definition) is 3. The van der Waals surface area contributed by atoms with Crippen LogP contribution in [0.4, 0.5) is 5.82 Å². The van der Waals surface area contributed by atoms with Gasteiger partial charge in [0.25, 0.3) is 0 Å². The predicted octanol–water partition coefficient (Wildman–Crippen LogP) is 0.520. The van der Waals surface area contributed by atoms with Crippen molar-refractivity contribution in [1.82, 2.24) is 14.6 Å². The van der Waals surface area contributed by atoms with Crippen LogP contribution in [0.5, 0.6) is 0 Å². The summed E-state index contributed by atoms with van der Waals surface area (Å²) >= 11 is 0. The second-order valence-corrected chi connectivity index (χ2v) is 6.91. The van der Waals surface area contributed by atoms with E-state index >= 15 is 0 Å². The van der Waals surface area contributed by atoms with E-state index in [0.29, 0.717) is 0 Å². The zero-order valence-electron chi connectivity index (χ0n) is 12.2. The number of piperidine rings is 1. The Kier molecular flexibility index (Phi) is 5.51. The lowest BCUT2D eigenvalue weighted by Gasteiger charge is -2.31. The first kappa shape index (κ1) is 16.2. The highest BCUT2D eigenvalue weighted by Crippen LogP contribution is 2.19. The number of anilines is 1. The van der Waals surface area contributed by atoms with Crippen molar-refractivity contribution < 1.29 is 8.42 Å². The van der Waals surface area contributed by atoms with Gasteiger partial charge in [0, 0.05) is 12.2 Å². The first-order valence-corrected chi connectivity index (χ1v) is 8.71. The van der Waals surface area contributed by atoms with Crippen molar-refractivity contribution >= 4 is 15.8 Å². The number of aromatic nitrogens is 1. The molecule has 0 spiro atoms. The molecule has 0 amide bonds. The molecule has 1 aromatic heterocycles. The molecule has 0 unspecified atom stereocenters. The Labute approximate surface area is 125 Å². The van der Waals surface area contributed by atoms with E-state index in [1.807, 2.05) is 0 Å². The van der Waals surface area contributed by atoms with Gasteiger partial charge in [0.05, 0.1) is 0 Å². The molecule has 8 heteroatoms. The van der Waals surface area contributed by atoms with Crippen LogP contribution >= 0.6 is 0 Å². The van der Waals surface area contributed by atoms with Crippen LogP contribution in [0, 0.1) is 0 Å². The fraction of sp³-hybridized carbons (Fsp3) is 0.615. The smallest absolute Gasteiger partial charge is 0.244 e. The summed E-state index contributed by atoms with van der Waals surface area (Å²) in [5.74, 6) is 5.48. The number of nitrogens with zero attached hydrogens (tertiary/aromatic N) is 2. The van der Waals surface area contributed by atoms with E-state index in [4.69, 9.17) is 5.84 Å². The molecule has 7 nitrogen and oxygen atoms in total. The molecule has 1 saturated heterocycles. The topological polar surface area (TPSA) is 100 Å². The number of rotatable bonds is 6. The van der Waals surface area contributed by atoms with Gasteiger partial charge in [0.1, 0.15) is 4.90 Å². The summed E-state index contributed by atoms with van der Waals surface area (Å²) in [5, 5.41) is 0. The van der Waals surface area contributed by atoms with E-state index in [-0.39, 0.29) is 16.8 Å². The summed E-state index contributed by atoms with van der Waals surface area (Å²) in [6, 6.07) is 3.05. The molecule has 1 aliphatic rings. The summed E-state index contributed by atoms with van der Waals surface area (Å²) in [5.41, 5.74) is 2.32. The zero-order chi connectivity index (χ0) is 15.3. The van der Waals surface area contributed by atoms with Crippen LogP contribution in [0.2, 0.25) is 0 Å². The van der Waals surface area contributed by atoms with Crippen LogP contribution < -0.4 is 16.0 Å². The molecule has 0 saturated carbocycles. The van der Waals surface area contributed by atoms with Crippen molar-refractivity contribution in [2.24, 2.45) is 5.84 Å². The quantitative estimate of drug-likeness (QED) is 0.523. The van der Waals surface area contributed by atoms with E-state index in [1.165, 1.54) is 12.3 Å². The Morgan fingerprint density at radius 3 is 2.76 bits per heavy atom. The number of pyridine rings is 1. The van der Waals surface area contributed by atoms with Crippen molar-refractivity contribution in [2.75, 3.05) is 25.1 Å². The van der Waals surface area contributed by atoms with Gasteiger partial charge >= 0.3 is 0 Å². The number of likely N-dealkylation sites (tertiary alicyclic amines) is 1. The number of sulfonamides is 1. The third kappa shape index (κ3) is 4.13. The van der Waals surface area contributed by atoms with Gasteiger partial charge in [0.2, 0.25) is 10.0 Å². The lowest BCUT2D eigenvalue weighted by Crippen LogP contribution is -2.44. The minimum Gasteiger partial charge on any atom is -0.307 e. The van der Waals surface area contributed by atoms with E-state index < -0.39 is 10.0 Å². The average Bonchev–Trinajstić information content (AvgIpc) is 2.49. The molecule has 2 rings (SSSR count). The molecule has 0 aromatic carbocycles. The van der Waals surface area contributed by atoms with Crippen LogP contribution in [0.15, 0.2) is 23.2 Å². The van der Waals surface area contributed by atoms with Gasteiger partial charge in [-0.15, -0.1) is 0 Å². The highest BCUT2D eigenvalue weighted by Gasteiger charge is 2.26. The van der Waals surface area contributed by atoms with Crippen LogP contribution in [-0.4, -0.2) is 44.0 Å². The van der Waals surface area contributed by atoms with Gasteiger partial charge in [-0.2, -0.15) is 0 Å². The molecule has 2 heterocycles. The van der Waals surface area contributed by atoms with E-state index in [2.05, 4.69) is 27.0 Å². The first-order chi connectivity index (χ1) is 10.1. The van der Waals surface area contributed by atoms with Crippen molar-refractivity contribution in [2.45, 2.75) is 37.1 Å². The van der Waals surface area contributed by atoms with Crippen LogP contribution in [0.3, 0.4) is 0 Å². The fourth-order valence-corrected chi connectivity index (χ4v) is 4.01. The molecule has 0 aliphatic carbocycles. The van der Waals surface area contributed by atoms with Gasteiger partial charge in [0.15, 0.2) is 5.82 Å². The summed E-state index contributed by atoms with van der Waals surface area (Å²) < 4.78 is 27.6. The van der Waals surface area contributed by atoms with Crippen molar-refractivity contribution in [1.29, 1.82) is 0 Å². The van der Waals surface area contributed by atoms with E-state index in [1.54, 1.807) is 6.07 Å². The van der Waals surface area contributed by atoms with Gasteiger partial charge in [-0.1, -0.05) is 6.92 Å². The molecule has 0 atom stereocenters. The van der Waals surface area contributed by atoms with E-state index in [9.17, 15) is 8.42 Å². The molecule has 4 N–H and O–H groups in total. The molecule has 1 aliphatic heterocycles.